The van der Waals surface area contributed by atoms with Crippen molar-refractivity contribution in [3.63, 3.8) is 0 Å². The monoisotopic (exact) mass is 218 g/mol. The van der Waals surface area contributed by atoms with Crippen LogP contribution in [0.15, 0.2) is 0 Å². The molecule has 0 aromatic heterocycles. The van der Waals surface area contributed by atoms with Crippen molar-refractivity contribution < 1.29 is 13.5 Å². The number of aliphatic hydroxyl groups is 1. The molecule has 1 aliphatic heterocycles. The first-order chi connectivity index (χ1) is 6.58. The third-order valence-electron chi connectivity index (χ3n) is 3.89. The maximum atomic E-state index is 11.2. The lowest BCUT2D eigenvalue weighted by Crippen LogP contribution is -2.25. The van der Waals surface area contributed by atoms with E-state index in [4.69, 9.17) is 5.11 Å². The van der Waals surface area contributed by atoms with Crippen LogP contribution in [0.3, 0.4) is 0 Å². The molecule has 14 heavy (non-hydrogen) atoms. The van der Waals surface area contributed by atoms with Crippen molar-refractivity contribution in [2.45, 2.75) is 32.1 Å². The fourth-order valence-corrected chi connectivity index (χ4v) is 4.37. The van der Waals surface area contributed by atoms with Gasteiger partial charge in [-0.05, 0) is 43.4 Å². The maximum absolute atomic E-state index is 11.2. The van der Waals surface area contributed by atoms with Crippen molar-refractivity contribution in [1.29, 1.82) is 0 Å². The Morgan fingerprint density at radius 3 is 2.50 bits per heavy atom. The minimum absolute atomic E-state index is 0.269. The van der Waals surface area contributed by atoms with Crippen molar-refractivity contribution in [1.82, 2.24) is 0 Å². The van der Waals surface area contributed by atoms with Crippen LogP contribution in [0.2, 0.25) is 0 Å². The highest BCUT2D eigenvalue weighted by Gasteiger charge is 2.54. The van der Waals surface area contributed by atoms with Gasteiger partial charge in [0.25, 0.3) is 0 Å². The molecule has 0 aromatic carbocycles. The van der Waals surface area contributed by atoms with E-state index in [1.807, 2.05) is 0 Å². The van der Waals surface area contributed by atoms with E-state index in [-0.39, 0.29) is 6.61 Å². The molecule has 3 nitrogen and oxygen atoms in total. The summed E-state index contributed by atoms with van der Waals surface area (Å²) >= 11 is 0. The van der Waals surface area contributed by atoms with Gasteiger partial charge in [0.15, 0.2) is 0 Å². The van der Waals surface area contributed by atoms with E-state index in [0.717, 1.165) is 25.7 Å². The summed E-state index contributed by atoms with van der Waals surface area (Å²) in [6.07, 6.45) is 4.88. The zero-order chi connectivity index (χ0) is 10.2. The molecule has 82 valence electrons. The molecule has 2 aliphatic rings. The van der Waals surface area contributed by atoms with Gasteiger partial charge in [-0.3, -0.25) is 0 Å². The summed E-state index contributed by atoms with van der Waals surface area (Å²) in [6, 6.07) is 0. The molecule has 1 atom stereocenters. The lowest BCUT2D eigenvalue weighted by molar-refractivity contribution is 0.274. The van der Waals surface area contributed by atoms with Crippen molar-refractivity contribution in [3.05, 3.63) is 0 Å². The molecular formula is C10H18O3S. The Morgan fingerprint density at radius 2 is 1.93 bits per heavy atom. The first-order valence-corrected chi connectivity index (χ1v) is 7.21. The normalized spacial score (nSPS) is 33.1. The number of rotatable bonds is 3. The van der Waals surface area contributed by atoms with Gasteiger partial charge in [0.05, 0.1) is 11.5 Å². The fraction of sp³-hybridized carbons (Fsp3) is 1.00. The summed E-state index contributed by atoms with van der Waals surface area (Å²) in [5.74, 6) is 1.48. The fourth-order valence-electron chi connectivity index (χ4n) is 2.73. The third-order valence-corrected chi connectivity index (χ3v) is 5.54. The summed E-state index contributed by atoms with van der Waals surface area (Å²) in [6.45, 7) is 0.269. The molecule has 1 aliphatic carbocycles. The third kappa shape index (κ3) is 1.96. The largest absolute Gasteiger partial charge is 0.396 e. The second-order valence-corrected chi connectivity index (χ2v) is 7.08. The molecule has 1 unspecified atom stereocenters. The molecule has 0 amide bonds. The average Bonchev–Trinajstić information content (AvgIpc) is 2.82. The van der Waals surface area contributed by atoms with Crippen LogP contribution in [-0.4, -0.2) is 31.6 Å². The highest BCUT2D eigenvalue weighted by Crippen LogP contribution is 2.61. The molecule has 1 saturated heterocycles. The van der Waals surface area contributed by atoms with Gasteiger partial charge in [-0.15, -0.1) is 0 Å². The quantitative estimate of drug-likeness (QED) is 0.768. The van der Waals surface area contributed by atoms with Gasteiger partial charge in [0.1, 0.15) is 9.84 Å². The Hall–Kier alpha value is -0.0900. The standard InChI is InChI=1S/C10H18O3S/c11-5-1-2-9-8-10(9)3-6-14(12,13)7-4-10/h9,11H,1-8H2. The molecule has 0 radical (unpaired) electrons. The minimum atomic E-state index is -2.71. The van der Waals surface area contributed by atoms with Crippen LogP contribution < -0.4 is 0 Å². The van der Waals surface area contributed by atoms with Crippen LogP contribution in [0.5, 0.6) is 0 Å². The van der Waals surface area contributed by atoms with Crippen molar-refractivity contribution in [3.8, 4) is 0 Å². The number of sulfone groups is 1. The highest BCUT2D eigenvalue weighted by atomic mass is 32.2. The van der Waals surface area contributed by atoms with E-state index in [2.05, 4.69) is 0 Å². The Balaban J connectivity index is 1.85. The molecular weight excluding hydrogens is 200 g/mol. The Morgan fingerprint density at radius 1 is 1.29 bits per heavy atom. The zero-order valence-electron chi connectivity index (χ0n) is 8.41. The van der Waals surface area contributed by atoms with Gasteiger partial charge in [0.2, 0.25) is 0 Å². The van der Waals surface area contributed by atoms with E-state index in [0.29, 0.717) is 22.8 Å². The molecule has 1 heterocycles. The summed E-state index contributed by atoms with van der Waals surface area (Å²) < 4.78 is 22.5. The van der Waals surface area contributed by atoms with Crippen LogP contribution in [0.4, 0.5) is 0 Å². The maximum Gasteiger partial charge on any atom is 0.150 e. The summed E-state index contributed by atoms with van der Waals surface area (Å²) in [5.41, 5.74) is 0.362. The second kappa shape index (κ2) is 3.49. The minimum Gasteiger partial charge on any atom is -0.396 e. The van der Waals surface area contributed by atoms with Gasteiger partial charge in [0, 0.05) is 6.61 Å². The second-order valence-electron chi connectivity index (χ2n) is 4.78. The SMILES string of the molecule is O=S1(=O)CCC2(CC1)CC2CCCO. The molecule has 1 N–H and O–H groups in total. The summed E-state index contributed by atoms with van der Waals surface area (Å²) in [5, 5.41) is 8.72. The van der Waals surface area contributed by atoms with Gasteiger partial charge in [-0.1, -0.05) is 0 Å². The number of hydrogen-bond donors (Lipinski definition) is 1. The first kappa shape index (κ1) is 10.4. The lowest BCUT2D eigenvalue weighted by atomic mass is 9.94. The Labute approximate surface area is 85.4 Å². The van der Waals surface area contributed by atoms with Crippen molar-refractivity contribution in [2.75, 3.05) is 18.1 Å². The Bertz CT molecular complexity index is 293. The van der Waals surface area contributed by atoms with E-state index in [1.165, 1.54) is 6.42 Å². The van der Waals surface area contributed by atoms with Crippen LogP contribution >= 0.6 is 0 Å². The zero-order valence-corrected chi connectivity index (χ0v) is 9.22. The molecule has 2 fully saturated rings. The Kier molecular flexibility index (Phi) is 2.60. The van der Waals surface area contributed by atoms with Gasteiger partial charge in [-0.25, -0.2) is 8.42 Å². The predicted octanol–water partition coefficient (Wildman–Crippen LogP) is 0.974. The molecule has 1 spiro atoms. The van der Waals surface area contributed by atoms with Crippen molar-refractivity contribution in [2.24, 2.45) is 11.3 Å². The molecule has 2 rings (SSSR count). The van der Waals surface area contributed by atoms with Gasteiger partial charge >= 0.3 is 0 Å². The van der Waals surface area contributed by atoms with Crippen LogP contribution in [-0.2, 0) is 9.84 Å². The van der Waals surface area contributed by atoms with Crippen molar-refractivity contribution >= 4 is 9.84 Å². The van der Waals surface area contributed by atoms with E-state index in [9.17, 15) is 8.42 Å². The summed E-state index contributed by atoms with van der Waals surface area (Å²) in [4.78, 5) is 0. The van der Waals surface area contributed by atoms with E-state index < -0.39 is 9.84 Å². The van der Waals surface area contributed by atoms with Gasteiger partial charge in [-0.2, -0.15) is 0 Å². The molecule has 0 bridgehead atoms. The number of aliphatic hydroxyl groups excluding tert-OH is 1. The van der Waals surface area contributed by atoms with Gasteiger partial charge < -0.3 is 5.11 Å². The predicted molar refractivity (Wildman–Crippen MR) is 54.7 cm³/mol. The highest BCUT2D eigenvalue weighted by molar-refractivity contribution is 7.91. The smallest absolute Gasteiger partial charge is 0.150 e. The topological polar surface area (TPSA) is 54.4 Å². The molecule has 1 saturated carbocycles. The van der Waals surface area contributed by atoms with Crippen LogP contribution in [0.25, 0.3) is 0 Å². The first-order valence-electron chi connectivity index (χ1n) is 5.39. The average molecular weight is 218 g/mol. The lowest BCUT2D eigenvalue weighted by Gasteiger charge is -2.22. The molecule has 4 heteroatoms. The summed E-state index contributed by atoms with van der Waals surface area (Å²) in [7, 11) is -2.71. The van der Waals surface area contributed by atoms with Crippen LogP contribution in [0, 0.1) is 11.3 Å². The number of hydrogen-bond acceptors (Lipinski definition) is 3. The van der Waals surface area contributed by atoms with Crippen LogP contribution in [0.1, 0.15) is 32.1 Å². The van der Waals surface area contributed by atoms with E-state index in [1.54, 1.807) is 0 Å². The van der Waals surface area contributed by atoms with E-state index >= 15 is 0 Å². The molecule has 0 aromatic rings.